The second kappa shape index (κ2) is 28.2. The molecule has 3 heterocycles. The molecule has 69 heavy (non-hydrogen) atoms. The molecule has 3 aliphatic heterocycles. The largest absolute Gasteiger partial charge is 0.460 e. The van der Waals surface area contributed by atoms with Crippen molar-refractivity contribution in [1.82, 2.24) is 0 Å². The Kier molecular flexibility index (Phi) is 22.2. The van der Waals surface area contributed by atoms with Crippen molar-refractivity contribution < 1.29 is 76.8 Å². The number of aliphatic hydroxyl groups excluding tert-OH is 2. The lowest BCUT2D eigenvalue weighted by Crippen LogP contribution is -2.65. The number of carbonyl (C=O) groups excluding carboxylic acids is 5. The van der Waals surface area contributed by atoms with Crippen LogP contribution in [0.2, 0.25) is 0 Å². The highest BCUT2D eigenvalue weighted by molar-refractivity contribution is 5.95. The molecular weight excluding hydrogens is 895 g/mol. The van der Waals surface area contributed by atoms with Crippen molar-refractivity contribution in [1.29, 1.82) is 0 Å². The van der Waals surface area contributed by atoms with E-state index in [9.17, 15) is 34.2 Å². The van der Waals surface area contributed by atoms with Crippen LogP contribution in [0.5, 0.6) is 0 Å². The Labute approximate surface area is 403 Å². The maximum Gasteiger partial charge on any atom is 0.333 e. The molecular formula is C52H67NO16. The van der Waals surface area contributed by atoms with Crippen molar-refractivity contribution in [3.05, 3.63) is 95.6 Å². The van der Waals surface area contributed by atoms with Crippen molar-refractivity contribution in [3.8, 4) is 0 Å². The highest BCUT2D eigenvalue weighted by Gasteiger charge is 2.55. The normalized spacial score (nSPS) is 27.3. The lowest BCUT2D eigenvalue weighted by molar-refractivity contribution is -0.369. The molecule has 3 fully saturated rings. The summed E-state index contributed by atoms with van der Waals surface area (Å²) >= 11 is 0. The summed E-state index contributed by atoms with van der Waals surface area (Å²) in [5.74, 6) is -3.06. The monoisotopic (exact) mass is 961 g/mol. The predicted octanol–water partition coefficient (Wildman–Crippen LogP) is 6.52. The van der Waals surface area contributed by atoms with Gasteiger partial charge in [-0.1, -0.05) is 106 Å². The maximum atomic E-state index is 13.5. The van der Waals surface area contributed by atoms with E-state index >= 15 is 0 Å². The first-order chi connectivity index (χ1) is 33.3. The number of aliphatic imine (C=N–C) groups is 1. The topological polar surface area (TPSA) is 221 Å². The van der Waals surface area contributed by atoms with Gasteiger partial charge in [0, 0.05) is 37.6 Å². The Hall–Kier alpha value is -5.56. The lowest BCUT2D eigenvalue weighted by atomic mass is 9.96. The van der Waals surface area contributed by atoms with Crippen LogP contribution in [0.3, 0.4) is 0 Å². The first-order valence-electron chi connectivity index (χ1n) is 23.8. The number of esters is 5. The number of cyclic esters (lactones) is 1. The number of allylic oxidation sites excluding steroid dienone is 1. The van der Waals surface area contributed by atoms with Crippen molar-refractivity contribution in [2.75, 3.05) is 13.2 Å². The van der Waals surface area contributed by atoms with Crippen LogP contribution in [0, 0.1) is 0 Å². The third-order valence-electron chi connectivity index (χ3n) is 11.7. The molecule has 0 radical (unpaired) electrons. The summed E-state index contributed by atoms with van der Waals surface area (Å²) < 4.78 is 53.7. The van der Waals surface area contributed by atoms with Crippen molar-refractivity contribution >= 4 is 47.9 Å². The van der Waals surface area contributed by atoms with Crippen LogP contribution < -0.4 is 0 Å². The molecule has 376 valence electrons. The fraction of sp³-hybridized carbons (Fsp3) is 0.538. The van der Waals surface area contributed by atoms with Crippen LogP contribution in [-0.2, 0) is 66.6 Å². The number of aliphatic hydroxyl groups is 2. The Morgan fingerprint density at radius 3 is 2.01 bits per heavy atom. The average Bonchev–Trinajstić information content (AvgIpc) is 3.76. The van der Waals surface area contributed by atoms with Gasteiger partial charge in [-0.15, -0.1) is 0 Å². The summed E-state index contributed by atoms with van der Waals surface area (Å²) in [6, 6.07) is 17.9. The first-order valence-corrected chi connectivity index (χ1v) is 23.8. The molecule has 17 nitrogen and oxygen atoms in total. The third kappa shape index (κ3) is 17.4. The molecule has 3 saturated heterocycles. The van der Waals surface area contributed by atoms with Gasteiger partial charge in [-0.25, -0.2) is 14.4 Å². The molecule has 2 aromatic rings. The van der Waals surface area contributed by atoms with E-state index in [1.54, 1.807) is 68.5 Å². The van der Waals surface area contributed by atoms with Gasteiger partial charge in [0.05, 0.1) is 18.6 Å². The molecule has 5 rings (SSSR count). The zero-order valence-electron chi connectivity index (χ0n) is 40.1. The highest BCUT2D eigenvalue weighted by atomic mass is 16.8. The summed E-state index contributed by atoms with van der Waals surface area (Å²) in [5, 5.41) is 24.1. The van der Waals surface area contributed by atoms with Crippen LogP contribution >= 0.6 is 0 Å². The molecule has 0 unspecified atom stereocenters. The summed E-state index contributed by atoms with van der Waals surface area (Å²) in [7, 11) is 0. The number of benzene rings is 2. The van der Waals surface area contributed by atoms with Gasteiger partial charge < -0.3 is 52.8 Å². The fourth-order valence-corrected chi connectivity index (χ4v) is 7.86. The maximum absolute atomic E-state index is 13.5. The smallest absolute Gasteiger partial charge is 0.333 e. The standard InChI is InChI=1S/C52H67NO16/c1-6-8-12-23-38(24-17-11-18-31-53-40-27-30-42(56)66-40)64-52-49(44(58)46(34(4)62-52)63-35(5)54)69-51-45(59)48(68-50(60)33(3)7-2)47(67-43(57)29-26-37-21-15-10-16-22-37)39(65-51)32-61-41(55)28-25-36-19-13-9-14-20-36/h7,9-10,13-16,19-22,25-26,28-29,34,38-39,44-49,51-52,58-59H,6,8,11-12,17-18,23-24,27,30-32H2,1-5H3/b28-25+,29-26+,33-7+,53-40?/t34-,38+,39-,44+,45-,46+,47-,48-,49-,51+,52+/m1/s1. The number of unbranched alkanes of at least 4 members (excludes halogenated alkanes) is 4. The zero-order valence-corrected chi connectivity index (χ0v) is 40.1. The Morgan fingerprint density at radius 2 is 1.41 bits per heavy atom. The molecule has 0 aromatic heterocycles. The number of nitrogens with zero attached hydrogens (tertiary/aromatic N) is 1. The third-order valence-corrected chi connectivity index (χ3v) is 11.7. The number of carbonyl (C=O) groups is 5. The lowest BCUT2D eigenvalue weighted by Gasteiger charge is -2.47. The number of hydrogen-bond acceptors (Lipinski definition) is 17. The van der Waals surface area contributed by atoms with Crippen molar-refractivity contribution in [3.63, 3.8) is 0 Å². The van der Waals surface area contributed by atoms with Crippen molar-refractivity contribution in [2.45, 2.75) is 166 Å². The molecule has 2 aromatic carbocycles. The van der Waals surface area contributed by atoms with E-state index < -0.39 is 98.0 Å². The second-order valence-electron chi connectivity index (χ2n) is 17.1. The van der Waals surface area contributed by atoms with Gasteiger partial charge in [-0.3, -0.25) is 14.6 Å². The number of ether oxygens (including phenoxy) is 9. The number of hydrogen-bond donors (Lipinski definition) is 2. The van der Waals surface area contributed by atoms with Crippen LogP contribution in [-0.4, -0.2) is 127 Å². The molecule has 17 heteroatoms. The summed E-state index contributed by atoms with van der Waals surface area (Å²) in [6.07, 6.45) is -1.34. The minimum Gasteiger partial charge on any atom is -0.460 e. The van der Waals surface area contributed by atoms with Crippen LogP contribution in [0.4, 0.5) is 0 Å². The van der Waals surface area contributed by atoms with Crippen molar-refractivity contribution in [2.24, 2.45) is 4.99 Å². The van der Waals surface area contributed by atoms with Gasteiger partial charge in [-0.2, -0.15) is 0 Å². The number of rotatable bonds is 24. The highest BCUT2D eigenvalue weighted by Crippen LogP contribution is 2.34. The summed E-state index contributed by atoms with van der Waals surface area (Å²) in [6.45, 7) is 7.93. The zero-order chi connectivity index (χ0) is 49.7. The van der Waals surface area contributed by atoms with Gasteiger partial charge in [0.1, 0.15) is 31.0 Å². The van der Waals surface area contributed by atoms with E-state index in [2.05, 4.69) is 11.9 Å². The van der Waals surface area contributed by atoms with E-state index in [4.69, 9.17) is 42.6 Å². The van der Waals surface area contributed by atoms with Crippen LogP contribution in [0.25, 0.3) is 12.2 Å². The van der Waals surface area contributed by atoms with E-state index in [-0.39, 0.29) is 11.5 Å². The fourth-order valence-electron chi connectivity index (χ4n) is 7.86. The quantitative estimate of drug-likeness (QED) is 0.0495. The van der Waals surface area contributed by atoms with Gasteiger partial charge in [0.25, 0.3) is 0 Å². The molecule has 0 saturated carbocycles. The SMILES string of the molecule is C/C=C(\C)C(=O)O[C@@H]1[C@@H](O)[C@H](O[C@H]2[C@H](O[C@@H](CCCCC)CCCCCN=C3CCC(=O)O3)O[C@H](C)[C@H](OC(C)=O)[C@@H]2O)O[C@H](COC(=O)/C=C/c2ccccc2)[C@H]1OC(=O)/C=C/c1ccccc1. The molecule has 0 aliphatic carbocycles. The van der Waals surface area contributed by atoms with Crippen LogP contribution in [0.1, 0.15) is 110 Å². The summed E-state index contributed by atoms with van der Waals surface area (Å²) in [5.41, 5.74) is 1.57. The van der Waals surface area contributed by atoms with Crippen LogP contribution in [0.15, 0.2) is 89.5 Å². The first kappa shape index (κ1) is 54.4. The minimum absolute atomic E-state index is 0.165. The molecule has 3 aliphatic rings. The van der Waals surface area contributed by atoms with Gasteiger partial charge >= 0.3 is 29.8 Å². The Bertz CT molecular complexity index is 2090. The minimum atomic E-state index is -1.91. The second-order valence-corrected chi connectivity index (χ2v) is 17.1. The van der Waals surface area contributed by atoms with E-state index in [0.717, 1.165) is 50.2 Å². The van der Waals surface area contributed by atoms with Gasteiger partial charge in [-0.05, 0) is 63.3 Å². The van der Waals surface area contributed by atoms with E-state index in [1.165, 1.54) is 32.1 Å². The Morgan fingerprint density at radius 1 is 0.754 bits per heavy atom. The van der Waals surface area contributed by atoms with Gasteiger partial charge in [0.15, 0.2) is 36.8 Å². The summed E-state index contributed by atoms with van der Waals surface area (Å²) in [4.78, 5) is 68.3. The van der Waals surface area contributed by atoms with Gasteiger partial charge in [0.2, 0.25) is 0 Å². The molecule has 0 amide bonds. The van der Waals surface area contributed by atoms with E-state index in [1.807, 2.05) is 12.1 Å². The molecule has 0 spiro atoms. The van der Waals surface area contributed by atoms with E-state index in [0.29, 0.717) is 43.7 Å². The molecule has 11 atom stereocenters. The molecule has 2 N–H and O–H groups in total. The molecule has 0 bridgehead atoms. The predicted molar refractivity (Wildman–Crippen MR) is 252 cm³/mol. The Balaban J connectivity index is 1.43. The average molecular weight is 962 g/mol.